The van der Waals surface area contributed by atoms with E-state index < -0.39 is 58.5 Å². The molecule has 1 saturated heterocycles. The Kier molecular flexibility index (Phi) is 7.63. The lowest BCUT2D eigenvalue weighted by atomic mass is 9.89. The van der Waals surface area contributed by atoms with Crippen molar-refractivity contribution in [3.05, 3.63) is 52.7 Å². The third-order valence-corrected chi connectivity index (χ3v) is 9.29. The van der Waals surface area contributed by atoms with Crippen LogP contribution in [0.5, 0.6) is 0 Å². The molecule has 0 spiro atoms. The fraction of sp³-hybridized carbons (Fsp3) is 0.533. The number of amides is 2. The normalized spacial score (nSPS) is 22.9. The molecule has 5 rings (SSSR count). The number of rotatable bonds is 5. The van der Waals surface area contributed by atoms with Crippen LogP contribution in [0.15, 0.2) is 30.3 Å². The first kappa shape index (κ1) is 30.6. The lowest BCUT2D eigenvalue weighted by Crippen LogP contribution is -2.62. The molecule has 230 valence electrons. The summed E-state index contributed by atoms with van der Waals surface area (Å²) in [6.07, 6.45) is -7.16. The molecule has 1 aliphatic heterocycles. The first-order valence-corrected chi connectivity index (χ1v) is 14.1. The predicted molar refractivity (Wildman–Crippen MR) is 145 cm³/mol. The quantitative estimate of drug-likeness (QED) is 0.385. The van der Waals surface area contributed by atoms with E-state index in [4.69, 9.17) is 0 Å². The highest BCUT2D eigenvalue weighted by atomic mass is 19.4. The highest BCUT2D eigenvalue weighted by Gasteiger charge is 2.56. The van der Waals surface area contributed by atoms with Crippen molar-refractivity contribution >= 4 is 23.3 Å². The number of aromatic nitrogens is 1. The summed E-state index contributed by atoms with van der Waals surface area (Å²) in [5, 5.41) is 9.75. The van der Waals surface area contributed by atoms with Gasteiger partial charge in [0, 0.05) is 25.8 Å². The van der Waals surface area contributed by atoms with Gasteiger partial charge in [-0.2, -0.15) is 31.6 Å². The lowest BCUT2D eigenvalue weighted by molar-refractivity contribution is -0.146. The van der Waals surface area contributed by atoms with Crippen molar-refractivity contribution in [1.82, 2.24) is 9.88 Å². The Morgan fingerprint density at radius 3 is 2.30 bits per heavy atom. The van der Waals surface area contributed by atoms with Crippen LogP contribution < -0.4 is 9.80 Å². The van der Waals surface area contributed by atoms with E-state index in [9.17, 15) is 41.2 Å². The Morgan fingerprint density at radius 2 is 1.72 bits per heavy atom. The van der Waals surface area contributed by atoms with Crippen molar-refractivity contribution in [2.24, 2.45) is 5.92 Å². The fourth-order valence-corrected chi connectivity index (χ4v) is 7.14. The number of piperidine rings is 1. The van der Waals surface area contributed by atoms with Gasteiger partial charge < -0.3 is 14.7 Å². The molecular formula is C30H31F6N5O2. The van der Waals surface area contributed by atoms with Gasteiger partial charge in [-0.05, 0) is 68.7 Å². The van der Waals surface area contributed by atoms with Gasteiger partial charge in [0.15, 0.2) is 0 Å². The second-order valence-corrected chi connectivity index (χ2v) is 11.8. The average Bonchev–Trinajstić information content (AvgIpc) is 3.71. The van der Waals surface area contributed by atoms with E-state index in [-0.39, 0.29) is 17.9 Å². The van der Waals surface area contributed by atoms with Crippen molar-refractivity contribution in [3.8, 4) is 6.07 Å². The summed E-state index contributed by atoms with van der Waals surface area (Å²) in [5.74, 6) is -2.10. The Balaban J connectivity index is 1.57. The number of nitriles is 1. The molecule has 3 fully saturated rings. The molecule has 1 aromatic heterocycles. The van der Waals surface area contributed by atoms with Crippen LogP contribution in [0.4, 0.5) is 37.8 Å². The zero-order valence-electron chi connectivity index (χ0n) is 23.9. The molecule has 2 aliphatic carbocycles. The van der Waals surface area contributed by atoms with Crippen LogP contribution in [0.1, 0.15) is 67.3 Å². The van der Waals surface area contributed by atoms with Crippen molar-refractivity contribution < 1.29 is 35.9 Å². The van der Waals surface area contributed by atoms with Gasteiger partial charge in [0.2, 0.25) is 5.91 Å². The summed E-state index contributed by atoms with van der Waals surface area (Å²) in [6, 6.07) is 6.79. The topological polar surface area (TPSA) is 80.5 Å². The van der Waals surface area contributed by atoms with Crippen LogP contribution in [0.3, 0.4) is 0 Å². The summed E-state index contributed by atoms with van der Waals surface area (Å²) in [7, 11) is 3.09. The highest BCUT2D eigenvalue weighted by Crippen LogP contribution is 2.49. The number of likely N-dealkylation sites (N-methyl/N-ethyl adjacent to an activating group) is 2. The minimum absolute atomic E-state index is 0.160. The molecule has 2 amide bonds. The lowest BCUT2D eigenvalue weighted by Gasteiger charge is -2.44. The van der Waals surface area contributed by atoms with Crippen LogP contribution in [0.25, 0.3) is 0 Å². The smallest absolute Gasteiger partial charge is 0.340 e. The molecule has 0 radical (unpaired) electrons. The molecule has 3 aliphatic rings. The molecule has 0 unspecified atom stereocenters. The van der Waals surface area contributed by atoms with Gasteiger partial charge in [0.05, 0.1) is 5.56 Å². The van der Waals surface area contributed by atoms with E-state index in [1.165, 1.54) is 27.8 Å². The molecule has 2 heterocycles. The molecule has 2 aromatic rings. The number of hydrogen-bond acceptors (Lipinski definition) is 5. The minimum atomic E-state index is -5.27. The third-order valence-electron chi connectivity index (χ3n) is 9.29. The van der Waals surface area contributed by atoms with Crippen molar-refractivity contribution in [1.29, 1.82) is 5.26 Å². The molecular weight excluding hydrogens is 576 g/mol. The maximum atomic E-state index is 14.4. The predicted octanol–water partition coefficient (Wildman–Crippen LogP) is 6.09. The van der Waals surface area contributed by atoms with Crippen LogP contribution in [-0.4, -0.2) is 53.4 Å². The van der Waals surface area contributed by atoms with Gasteiger partial charge in [-0.25, -0.2) is 4.98 Å². The number of fused-ring (bicyclic) bond motifs is 2. The molecule has 7 nitrogen and oxygen atoms in total. The number of carbonyl (C=O) groups is 2. The number of carbonyl (C=O) groups excluding carboxylic acids is 2. The molecule has 2 saturated carbocycles. The first-order chi connectivity index (χ1) is 20.1. The van der Waals surface area contributed by atoms with E-state index in [0.717, 1.165) is 5.56 Å². The molecule has 3 atom stereocenters. The summed E-state index contributed by atoms with van der Waals surface area (Å²) in [4.78, 5) is 36.0. The van der Waals surface area contributed by atoms with Crippen LogP contribution in [0, 0.1) is 24.2 Å². The number of hydrogen-bond donors (Lipinski definition) is 0. The van der Waals surface area contributed by atoms with E-state index in [1.807, 2.05) is 25.1 Å². The van der Waals surface area contributed by atoms with Gasteiger partial charge in [-0.1, -0.05) is 25.0 Å². The van der Waals surface area contributed by atoms with E-state index in [2.05, 4.69) is 4.98 Å². The van der Waals surface area contributed by atoms with Crippen LogP contribution in [0.2, 0.25) is 0 Å². The fourth-order valence-electron chi connectivity index (χ4n) is 7.14. The number of nitrogens with zero attached hydrogens (tertiary/aromatic N) is 5. The first-order valence-electron chi connectivity index (χ1n) is 14.1. The number of alkyl halides is 6. The summed E-state index contributed by atoms with van der Waals surface area (Å²) in [5.41, 5.74) is -4.29. The molecule has 2 bridgehead atoms. The highest BCUT2D eigenvalue weighted by molar-refractivity contribution is 6.03. The number of pyridine rings is 1. The van der Waals surface area contributed by atoms with Crippen molar-refractivity contribution in [3.63, 3.8) is 0 Å². The Bertz CT molecular complexity index is 1480. The average molecular weight is 608 g/mol. The van der Waals surface area contributed by atoms with Gasteiger partial charge in [-0.15, -0.1) is 0 Å². The second-order valence-electron chi connectivity index (χ2n) is 11.8. The van der Waals surface area contributed by atoms with Crippen molar-refractivity contribution in [2.45, 2.75) is 81.8 Å². The van der Waals surface area contributed by atoms with E-state index in [1.54, 1.807) is 13.1 Å². The minimum Gasteiger partial charge on any atom is -0.340 e. The Morgan fingerprint density at radius 1 is 1.05 bits per heavy atom. The van der Waals surface area contributed by atoms with Crippen molar-refractivity contribution in [2.75, 3.05) is 23.9 Å². The van der Waals surface area contributed by atoms with E-state index in [0.29, 0.717) is 50.6 Å². The molecule has 13 heteroatoms. The zero-order chi connectivity index (χ0) is 31.5. The maximum Gasteiger partial charge on any atom is 0.433 e. The second kappa shape index (κ2) is 10.7. The largest absolute Gasteiger partial charge is 0.433 e. The Labute approximate surface area is 245 Å². The van der Waals surface area contributed by atoms with Gasteiger partial charge in [0.1, 0.15) is 34.7 Å². The van der Waals surface area contributed by atoms with Crippen LogP contribution in [-0.2, 0) is 21.9 Å². The standard InChI is InChI=1S/C30H31F6N5O2/c1-17-7-6-8-19(13-17)39(2)27(43)28(11-4-5-12-28)40(3)26(42)24-18-9-10-20(14-18)41(24)25-21(16-37)22(29(31,32)33)15-23(38-25)30(34,35)36/h6-8,13,15,18,20,24H,4-5,9-12,14H2,1-3H3/t18-,20+,24-/m0/s1. The maximum absolute atomic E-state index is 14.4. The van der Waals surface area contributed by atoms with E-state index >= 15 is 0 Å². The number of halogens is 6. The monoisotopic (exact) mass is 607 g/mol. The zero-order valence-corrected chi connectivity index (χ0v) is 23.9. The summed E-state index contributed by atoms with van der Waals surface area (Å²) >= 11 is 0. The van der Waals surface area contributed by atoms with Gasteiger partial charge in [0.25, 0.3) is 5.91 Å². The van der Waals surface area contributed by atoms with Gasteiger partial charge in [-0.3, -0.25) is 9.59 Å². The molecule has 43 heavy (non-hydrogen) atoms. The number of aryl methyl sites for hydroxylation is 1. The third kappa shape index (κ3) is 5.18. The number of anilines is 2. The molecule has 1 aromatic carbocycles. The molecule has 0 N–H and O–H groups in total. The summed E-state index contributed by atoms with van der Waals surface area (Å²) < 4.78 is 83.1. The summed E-state index contributed by atoms with van der Waals surface area (Å²) in [6.45, 7) is 1.88. The number of benzene rings is 1. The van der Waals surface area contributed by atoms with Gasteiger partial charge >= 0.3 is 12.4 Å². The van der Waals surface area contributed by atoms with Crippen LogP contribution >= 0.6 is 0 Å². The Hall–Kier alpha value is -3.82. The SMILES string of the molecule is Cc1cccc(N(C)C(=O)C2(N(C)C(=O)[C@@H]3[C@H]4CC[C@H](C4)N3c3nc(C(F)(F)F)cc(C(F)(F)F)c3C#N)CCCC2)c1.